The van der Waals surface area contributed by atoms with Crippen LogP contribution in [0.3, 0.4) is 0 Å². The number of aromatic nitrogens is 9. The number of nitrogens with one attached hydrogen (secondary N) is 6. The first-order chi connectivity index (χ1) is 48.8. The summed E-state index contributed by atoms with van der Waals surface area (Å²) in [6.45, 7) is 8.44. The third-order valence-electron chi connectivity index (χ3n) is 19.1. The second-order valence-electron chi connectivity index (χ2n) is 26.8. The lowest BCUT2D eigenvalue weighted by atomic mass is 10.0. The highest BCUT2D eigenvalue weighted by atomic mass is 35.5. The van der Waals surface area contributed by atoms with Crippen molar-refractivity contribution in [1.29, 1.82) is 0 Å². The fourth-order valence-electron chi connectivity index (χ4n) is 12.8. The molecule has 3 aromatic heterocycles. The van der Waals surface area contributed by atoms with Gasteiger partial charge in [0.1, 0.15) is 0 Å². The van der Waals surface area contributed by atoms with Gasteiger partial charge >= 0.3 is 0 Å². The first kappa shape index (κ1) is 81.6. The highest BCUT2D eigenvalue weighted by Crippen LogP contribution is 2.30. The lowest BCUT2D eigenvalue weighted by Gasteiger charge is -2.35. The van der Waals surface area contributed by atoms with Gasteiger partial charge in [-0.3, -0.25) is 0 Å². The van der Waals surface area contributed by atoms with Crippen LogP contribution < -0.4 is 61.6 Å². The molecule has 0 amide bonds. The highest BCUT2D eigenvalue weighted by molar-refractivity contribution is 6.33. The number of aryl methyl sites for hydroxylation is 1. The Morgan fingerprint density at radius 1 is 0.455 bits per heavy atom. The predicted molar refractivity (Wildman–Crippen MR) is 403 cm³/mol. The summed E-state index contributed by atoms with van der Waals surface area (Å²) in [5.74, 6) is 2.73. The molecule has 29 heteroatoms. The van der Waals surface area contributed by atoms with Gasteiger partial charge < -0.3 is 71.4 Å². The van der Waals surface area contributed by atoms with E-state index in [1.54, 1.807) is 30.3 Å². The fraction of sp³-hybridized carbons (Fsp3) is 0.625. The van der Waals surface area contributed by atoms with E-state index in [9.17, 15) is 13.2 Å². The van der Waals surface area contributed by atoms with Crippen LogP contribution in [0.15, 0.2) is 54.6 Å². The minimum Gasteiger partial charge on any atom is -0.494 e. The molecule has 0 spiro atoms. The molecule has 0 radical (unpaired) electrons. The van der Waals surface area contributed by atoms with Crippen molar-refractivity contribution in [2.75, 3.05) is 127 Å². The van der Waals surface area contributed by atoms with Crippen molar-refractivity contribution in [3.05, 3.63) is 93.5 Å². The molecule has 23 nitrogen and oxygen atoms in total. The number of hydrogen-bond acceptors (Lipinski definition) is 23. The maximum absolute atomic E-state index is 14.2. The van der Waals surface area contributed by atoms with Crippen molar-refractivity contribution < 1.29 is 27.4 Å². The molecule has 3 saturated carbocycles. The van der Waals surface area contributed by atoms with Gasteiger partial charge in [0.15, 0.2) is 34.7 Å². The number of piperidine rings is 3. The standard InChI is InChI=1S/C24H36FN7O.C23H34FN7O.C8H9FO.C7H16N2.C7H15N.C3Cl3N3/c1-31-14-12-19(13-15-31)32(2)24-29-22(26-17-8-6-4-5-7-9-17)28-23(30-24)27-18-10-11-21(33-3)20(25)16-18;1-31(18-11-13-25-14-12-18)23-29-21(26-16-7-5-3-4-6-8-16)28-22(30-23)27-17-9-10-20(32-2)19(24)15-17;1-6-3-4-8(10-2)7(9)5-6;1-8-7-3-5-9(2)6-4-7;8-7-5-3-1-2-4-6-7;4-1-7-2(5)9-3(6)8-1/h10-11,16-17,19H,4-9,12-15H2,1-3H3,(H2,26,27,28,29,30);9-10,15-16,18,25H,3-8,11-14H2,1-2H3,(H2,26,27,28,29,30);3-5H,1-2H3;7-8H,3-6H2,1-2H3;7H,1-6,8H2;. The molecule has 101 heavy (non-hydrogen) atoms. The molecule has 8 N–H and O–H groups in total. The van der Waals surface area contributed by atoms with Crippen LogP contribution in [0.1, 0.15) is 160 Å². The third-order valence-corrected chi connectivity index (χ3v) is 19.6. The maximum Gasteiger partial charge on any atom is 0.233 e. The highest BCUT2D eigenvalue weighted by Gasteiger charge is 2.26. The van der Waals surface area contributed by atoms with Gasteiger partial charge in [-0.25, -0.2) is 13.2 Å². The van der Waals surface area contributed by atoms with Gasteiger partial charge in [0.25, 0.3) is 0 Å². The molecule has 12 rings (SSSR count). The number of methoxy groups -OCH3 is 3. The topological polar surface area (TPSA) is 255 Å². The van der Waals surface area contributed by atoms with Crippen molar-refractivity contribution in [2.45, 2.75) is 197 Å². The normalized spacial score (nSPS) is 17.8. The SMILES string of the molecule is CNC1CCN(C)CC1.COc1ccc(C)cc1F.COc1ccc(Nc2nc(NC3CCCCCC3)nc(N(C)C3CCN(C)CC3)n2)cc1F.COc1ccc(Nc2nc(NC3CCCCCC3)nc(N(C)C3CCNCC3)n2)cc1F.Clc1nc(Cl)nc(Cl)n1.NC1CCCCCC1. The Labute approximate surface area is 612 Å². The number of likely N-dealkylation sites (tertiary alicyclic amines) is 2. The van der Waals surface area contributed by atoms with Gasteiger partial charge in [-0.15, -0.1) is 0 Å². The van der Waals surface area contributed by atoms with Gasteiger partial charge in [-0.2, -0.15) is 44.9 Å². The summed E-state index contributed by atoms with van der Waals surface area (Å²) in [4.78, 5) is 47.6. The van der Waals surface area contributed by atoms with E-state index in [4.69, 9.17) is 69.7 Å². The molecule has 558 valence electrons. The van der Waals surface area contributed by atoms with E-state index in [-0.39, 0.29) is 33.2 Å². The molecule has 3 aromatic carbocycles. The maximum atomic E-state index is 14.2. The molecule has 6 aliphatic rings. The van der Waals surface area contributed by atoms with Crippen LogP contribution in [-0.2, 0) is 0 Å². The number of nitrogens with zero attached hydrogens (tertiary/aromatic N) is 13. The summed E-state index contributed by atoms with van der Waals surface area (Å²) < 4.78 is 55.9. The average Bonchev–Trinajstić information content (AvgIpc) is 1.01. The van der Waals surface area contributed by atoms with E-state index in [1.807, 2.05) is 20.0 Å². The van der Waals surface area contributed by atoms with Crippen molar-refractivity contribution >= 4 is 81.9 Å². The Bertz CT molecular complexity index is 3300. The van der Waals surface area contributed by atoms with Crippen LogP contribution in [0.4, 0.5) is 60.2 Å². The van der Waals surface area contributed by atoms with E-state index >= 15 is 0 Å². The largest absolute Gasteiger partial charge is 0.494 e. The summed E-state index contributed by atoms with van der Waals surface area (Å²) >= 11 is 16.0. The van der Waals surface area contributed by atoms with Crippen LogP contribution in [0.5, 0.6) is 17.2 Å². The molecular formula is C72H110Cl3F3N20O3. The van der Waals surface area contributed by atoms with Gasteiger partial charge in [0.05, 0.1) is 21.3 Å². The van der Waals surface area contributed by atoms with E-state index in [1.165, 1.54) is 155 Å². The van der Waals surface area contributed by atoms with Crippen LogP contribution in [-0.4, -0.2) is 187 Å². The Kier molecular flexibility index (Phi) is 35.7. The Morgan fingerprint density at radius 2 is 0.812 bits per heavy atom. The van der Waals surface area contributed by atoms with E-state index < -0.39 is 11.6 Å². The Morgan fingerprint density at radius 3 is 1.19 bits per heavy atom. The van der Waals surface area contributed by atoms with Crippen LogP contribution in [0.2, 0.25) is 15.9 Å². The molecule has 6 aromatic rings. The lowest BCUT2D eigenvalue weighted by Crippen LogP contribution is -2.42. The van der Waals surface area contributed by atoms with Crippen LogP contribution in [0, 0.1) is 24.4 Å². The molecule has 0 unspecified atom stereocenters. The molecule has 3 aliphatic carbocycles. The van der Waals surface area contributed by atoms with Crippen molar-refractivity contribution in [3.8, 4) is 17.2 Å². The number of nitrogens with two attached hydrogens (primary N) is 1. The first-order valence-electron chi connectivity index (χ1n) is 36.0. The zero-order chi connectivity index (χ0) is 72.5. The van der Waals surface area contributed by atoms with Crippen molar-refractivity contribution in [2.24, 2.45) is 5.73 Å². The van der Waals surface area contributed by atoms with E-state index in [0.717, 1.165) is 89.2 Å². The average molecular weight is 1470 g/mol. The number of hydrogen-bond donors (Lipinski definition) is 7. The summed E-state index contributed by atoms with van der Waals surface area (Å²) in [7, 11) is 14.8. The van der Waals surface area contributed by atoms with Crippen LogP contribution >= 0.6 is 34.8 Å². The second kappa shape index (κ2) is 44.1. The predicted octanol–water partition coefficient (Wildman–Crippen LogP) is 14.5. The van der Waals surface area contributed by atoms with E-state index in [2.05, 4.69) is 110 Å². The fourth-order valence-corrected chi connectivity index (χ4v) is 13.4. The van der Waals surface area contributed by atoms with Gasteiger partial charge in [-0.05, 0) is 221 Å². The quantitative estimate of drug-likeness (QED) is 0.0445. The zero-order valence-electron chi connectivity index (χ0n) is 60.8. The monoisotopic (exact) mass is 1460 g/mol. The number of rotatable bonds is 16. The van der Waals surface area contributed by atoms with Gasteiger partial charge in [0.2, 0.25) is 51.5 Å². The number of anilines is 8. The summed E-state index contributed by atoms with van der Waals surface area (Å²) in [6.07, 6.45) is 29.4. The molecule has 3 saturated heterocycles. The zero-order valence-corrected chi connectivity index (χ0v) is 63.0. The summed E-state index contributed by atoms with van der Waals surface area (Å²) in [5, 5.41) is 20.1. The minimum atomic E-state index is -0.435. The van der Waals surface area contributed by atoms with Crippen molar-refractivity contribution in [3.63, 3.8) is 0 Å². The van der Waals surface area contributed by atoms with Gasteiger partial charge in [-0.1, -0.05) is 83.1 Å². The number of ether oxygens (including phenoxy) is 3. The van der Waals surface area contributed by atoms with E-state index in [0.29, 0.717) is 83.0 Å². The lowest BCUT2D eigenvalue weighted by molar-refractivity contribution is 0.240. The Balaban J connectivity index is 0.000000191. The Hall–Kier alpha value is -6.65. The number of benzene rings is 3. The minimum absolute atomic E-state index is 0.000000000000000444. The van der Waals surface area contributed by atoms with Gasteiger partial charge in [0, 0.05) is 73.9 Å². The molecule has 6 heterocycles. The third kappa shape index (κ3) is 29.2. The molecular weight excluding hydrogens is 1360 g/mol. The second-order valence-corrected chi connectivity index (χ2v) is 27.8. The molecule has 6 fully saturated rings. The molecule has 0 bridgehead atoms. The number of halogens is 6. The molecule has 3 aliphatic heterocycles. The summed E-state index contributed by atoms with van der Waals surface area (Å²) in [5.41, 5.74) is 7.76. The smallest absolute Gasteiger partial charge is 0.233 e. The van der Waals surface area contributed by atoms with Crippen molar-refractivity contribution in [1.82, 2.24) is 65.3 Å². The summed E-state index contributed by atoms with van der Waals surface area (Å²) in [6, 6.07) is 17.1. The van der Waals surface area contributed by atoms with Crippen LogP contribution in [0.25, 0.3) is 0 Å². The molecule has 0 atom stereocenters. The first-order valence-corrected chi connectivity index (χ1v) is 37.2.